The minimum atomic E-state index is -0.533. The van der Waals surface area contributed by atoms with Crippen molar-refractivity contribution in [1.29, 1.82) is 0 Å². The van der Waals surface area contributed by atoms with Crippen LogP contribution in [0.4, 0.5) is 0 Å². The second-order valence-corrected chi connectivity index (χ2v) is 7.22. The fourth-order valence-corrected chi connectivity index (χ4v) is 3.21. The first-order valence-electron chi connectivity index (χ1n) is 9.22. The predicted octanol–water partition coefficient (Wildman–Crippen LogP) is 1.19. The number of unbranched alkanes of at least 4 members (excludes halogenated alkanes) is 1. The number of benzene rings is 1. The number of rotatable bonds is 8. The number of carbonyl (C=O) groups excluding carboxylic acids is 1. The number of nitrogens with two attached hydrogens (primary N) is 1. The van der Waals surface area contributed by atoms with Gasteiger partial charge in [0.1, 0.15) is 0 Å². The Morgan fingerprint density at radius 1 is 1.04 bits per heavy atom. The molecule has 0 spiro atoms. The van der Waals surface area contributed by atoms with Gasteiger partial charge >= 0.3 is 0 Å². The van der Waals surface area contributed by atoms with Crippen LogP contribution in [-0.4, -0.2) is 60.5 Å². The highest BCUT2D eigenvalue weighted by atomic mass is 16.2. The molecule has 1 aromatic rings. The third-order valence-electron chi connectivity index (χ3n) is 5.14. The van der Waals surface area contributed by atoms with E-state index in [4.69, 9.17) is 5.73 Å². The van der Waals surface area contributed by atoms with E-state index in [1.807, 2.05) is 0 Å². The minimum Gasteiger partial charge on any atom is -0.355 e. The standard InChI is InChI=1S/C19H30N4O/c20-19(8-9-19)18(24)21-10-4-5-11-22-12-14-23(15-13-22)16-17-6-2-1-3-7-17/h1-3,6-7H,4-5,8-16,20H2,(H,21,24). The lowest BCUT2D eigenvalue weighted by Gasteiger charge is -2.34. The van der Waals surface area contributed by atoms with Gasteiger partial charge in [-0.2, -0.15) is 0 Å². The second-order valence-electron chi connectivity index (χ2n) is 7.22. The molecule has 1 saturated heterocycles. The zero-order valence-electron chi connectivity index (χ0n) is 14.5. The van der Waals surface area contributed by atoms with Crippen LogP contribution in [0.1, 0.15) is 31.2 Å². The molecule has 5 nitrogen and oxygen atoms in total. The van der Waals surface area contributed by atoms with Crippen molar-refractivity contribution in [3.8, 4) is 0 Å². The predicted molar refractivity (Wildman–Crippen MR) is 96.6 cm³/mol. The van der Waals surface area contributed by atoms with E-state index in [2.05, 4.69) is 45.4 Å². The molecule has 5 heteroatoms. The Morgan fingerprint density at radius 2 is 1.71 bits per heavy atom. The highest BCUT2D eigenvalue weighted by Crippen LogP contribution is 2.31. The Labute approximate surface area is 145 Å². The van der Waals surface area contributed by atoms with Gasteiger partial charge in [0.25, 0.3) is 0 Å². The molecule has 0 aromatic heterocycles. The van der Waals surface area contributed by atoms with Crippen LogP contribution in [0, 0.1) is 0 Å². The van der Waals surface area contributed by atoms with E-state index >= 15 is 0 Å². The molecule has 2 fully saturated rings. The summed E-state index contributed by atoms with van der Waals surface area (Å²) < 4.78 is 0. The smallest absolute Gasteiger partial charge is 0.240 e. The van der Waals surface area contributed by atoms with E-state index in [9.17, 15) is 4.79 Å². The zero-order chi connectivity index (χ0) is 16.8. The fraction of sp³-hybridized carbons (Fsp3) is 0.632. The molecule has 1 aliphatic heterocycles. The number of nitrogens with one attached hydrogen (secondary N) is 1. The Balaban J connectivity index is 1.24. The van der Waals surface area contributed by atoms with Gasteiger partial charge in [-0.05, 0) is 37.8 Å². The van der Waals surface area contributed by atoms with Crippen molar-refractivity contribution in [3.05, 3.63) is 35.9 Å². The van der Waals surface area contributed by atoms with E-state index in [-0.39, 0.29) is 5.91 Å². The van der Waals surface area contributed by atoms with Gasteiger partial charge in [0, 0.05) is 39.3 Å². The summed E-state index contributed by atoms with van der Waals surface area (Å²) >= 11 is 0. The van der Waals surface area contributed by atoms with E-state index in [0.29, 0.717) is 0 Å². The van der Waals surface area contributed by atoms with Crippen LogP contribution in [0.15, 0.2) is 30.3 Å². The molecule has 0 radical (unpaired) electrons. The Bertz CT molecular complexity index is 521. The molecule has 1 saturated carbocycles. The minimum absolute atomic E-state index is 0.0389. The largest absolute Gasteiger partial charge is 0.355 e. The fourth-order valence-electron chi connectivity index (χ4n) is 3.21. The maximum Gasteiger partial charge on any atom is 0.240 e. The van der Waals surface area contributed by atoms with Crippen LogP contribution in [0.3, 0.4) is 0 Å². The summed E-state index contributed by atoms with van der Waals surface area (Å²) in [5, 5.41) is 2.97. The third kappa shape index (κ3) is 5.03. The molecule has 3 N–H and O–H groups in total. The van der Waals surface area contributed by atoms with Crippen molar-refractivity contribution in [3.63, 3.8) is 0 Å². The summed E-state index contributed by atoms with van der Waals surface area (Å²) in [5.41, 5.74) is 6.73. The van der Waals surface area contributed by atoms with Gasteiger partial charge in [-0.3, -0.25) is 9.69 Å². The van der Waals surface area contributed by atoms with Crippen LogP contribution in [-0.2, 0) is 11.3 Å². The number of nitrogens with zero attached hydrogens (tertiary/aromatic N) is 2. The lowest BCUT2D eigenvalue weighted by atomic mass is 10.2. The molecular formula is C19H30N4O. The summed E-state index contributed by atoms with van der Waals surface area (Å²) in [6.07, 6.45) is 3.85. The quantitative estimate of drug-likeness (QED) is 0.703. The summed E-state index contributed by atoms with van der Waals surface area (Å²) in [5.74, 6) is 0.0389. The third-order valence-corrected chi connectivity index (χ3v) is 5.14. The molecule has 1 aliphatic carbocycles. The van der Waals surface area contributed by atoms with E-state index < -0.39 is 5.54 Å². The Morgan fingerprint density at radius 3 is 2.38 bits per heavy atom. The van der Waals surface area contributed by atoms with E-state index in [0.717, 1.165) is 71.5 Å². The molecule has 132 valence electrons. The number of carbonyl (C=O) groups is 1. The van der Waals surface area contributed by atoms with Crippen molar-refractivity contribution in [1.82, 2.24) is 15.1 Å². The van der Waals surface area contributed by atoms with Crippen molar-refractivity contribution in [2.45, 2.75) is 37.8 Å². The maximum absolute atomic E-state index is 11.7. The van der Waals surface area contributed by atoms with Crippen molar-refractivity contribution in [2.75, 3.05) is 39.3 Å². The topological polar surface area (TPSA) is 61.6 Å². The van der Waals surface area contributed by atoms with Crippen molar-refractivity contribution >= 4 is 5.91 Å². The molecule has 1 amide bonds. The molecule has 24 heavy (non-hydrogen) atoms. The monoisotopic (exact) mass is 330 g/mol. The molecule has 1 heterocycles. The lowest BCUT2D eigenvalue weighted by molar-refractivity contribution is -0.123. The first-order valence-corrected chi connectivity index (χ1v) is 9.22. The molecule has 0 unspecified atom stereocenters. The average Bonchev–Trinajstić information content (AvgIpc) is 3.36. The van der Waals surface area contributed by atoms with E-state index in [1.54, 1.807) is 0 Å². The highest BCUT2D eigenvalue weighted by Gasteiger charge is 2.45. The molecule has 2 aliphatic rings. The van der Waals surface area contributed by atoms with Gasteiger partial charge in [-0.25, -0.2) is 0 Å². The van der Waals surface area contributed by atoms with Crippen LogP contribution in [0.5, 0.6) is 0 Å². The number of piperazine rings is 1. The zero-order valence-corrected chi connectivity index (χ0v) is 14.5. The summed E-state index contributed by atoms with van der Waals surface area (Å²) in [6.45, 7) is 7.51. The second kappa shape index (κ2) is 8.10. The van der Waals surface area contributed by atoms with Gasteiger partial charge in [0.2, 0.25) is 5.91 Å². The van der Waals surface area contributed by atoms with Crippen molar-refractivity contribution in [2.24, 2.45) is 5.73 Å². The van der Waals surface area contributed by atoms with Crippen LogP contribution < -0.4 is 11.1 Å². The SMILES string of the molecule is NC1(C(=O)NCCCCN2CCN(Cc3ccccc3)CC2)CC1. The average molecular weight is 330 g/mol. The summed E-state index contributed by atoms with van der Waals surface area (Å²) in [4.78, 5) is 16.8. The number of amides is 1. The Hall–Kier alpha value is -1.43. The molecule has 0 atom stereocenters. The van der Waals surface area contributed by atoms with Gasteiger partial charge in [0.15, 0.2) is 0 Å². The number of hydrogen-bond donors (Lipinski definition) is 2. The van der Waals surface area contributed by atoms with Crippen LogP contribution in [0.25, 0.3) is 0 Å². The molecule has 3 rings (SSSR count). The Kier molecular flexibility index (Phi) is 5.87. The molecule has 0 bridgehead atoms. The normalized spacial score (nSPS) is 20.7. The lowest BCUT2D eigenvalue weighted by Crippen LogP contribution is -2.46. The first-order chi connectivity index (χ1) is 11.7. The van der Waals surface area contributed by atoms with Crippen LogP contribution >= 0.6 is 0 Å². The van der Waals surface area contributed by atoms with Gasteiger partial charge in [-0.1, -0.05) is 30.3 Å². The highest BCUT2D eigenvalue weighted by molar-refractivity contribution is 5.88. The van der Waals surface area contributed by atoms with E-state index in [1.165, 1.54) is 5.56 Å². The number of hydrogen-bond acceptors (Lipinski definition) is 4. The summed E-state index contributed by atoms with van der Waals surface area (Å²) in [7, 11) is 0. The summed E-state index contributed by atoms with van der Waals surface area (Å²) in [6, 6.07) is 10.7. The van der Waals surface area contributed by atoms with Gasteiger partial charge < -0.3 is 16.0 Å². The van der Waals surface area contributed by atoms with Gasteiger partial charge in [0.05, 0.1) is 5.54 Å². The van der Waals surface area contributed by atoms with Crippen LogP contribution in [0.2, 0.25) is 0 Å². The van der Waals surface area contributed by atoms with Gasteiger partial charge in [-0.15, -0.1) is 0 Å². The molecule has 1 aromatic carbocycles. The first kappa shape index (κ1) is 17.4. The maximum atomic E-state index is 11.7. The van der Waals surface area contributed by atoms with Crippen molar-refractivity contribution < 1.29 is 4.79 Å². The molecular weight excluding hydrogens is 300 g/mol.